The molecule has 3 heteroatoms. The Morgan fingerprint density at radius 1 is 1.39 bits per heavy atom. The summed E-state index contributed by atoms with van der Waals surface area (Å²) >= 11 is 0. The van der Waals surface area contributed by atoms with Crippen molar-refractivity contribution in [3.63, 3.8) is 0 Å². The second-order valence-electron chi connectivity index (χ2n) is 5.26. The highest BCUT2D eigenvalue weighted by Crippen LogP contribution is 2.35. The first-order valence-corrected chi connectivity index (χ1v) is 6.92. The van der Waals surface area contributed by atoms with Crippen molar-refractivity contribution in [1.29, 1.82) is 0 Å². The van der Waals surface area contributed by atoms with E-state index in [4.69, 9.17) is 15.2 Å². The van der Waals surface area contributed by atoms with Gasteiger partial charge in [0.15, 0.2) is 0 Å². The van der Waals surface area contributed by atoms with Crippen LogP contribution in [0.1, 0.15) is 36.9 Å². The number of fused-ring (bicyclic) bond motifs is 1. The lowest BCUT2D eigenvalue weighted by Gasteiger charge is -2.24. The van der Waals surface area contributed by atoms with E-state index in [1.807, 2.05) is 0 Å². The summed E-state index contributed by atoms with van der Waals surface area (Å²) in [5.74, 6) is 1.48. The monoisotopic (exact) mass is 247 g/mol. The Bertz CT molecular complexity index is 433. The van der Waals surface area contributed by atoms with Gasteiger partial charge in [-0.25, -0.2) is 0 Å². The molecule has 98 valence electrons. The van der Waals surface area contributed by atoms with Crippen molar-refractivity contribution in [2.24, 2.45) is 11.7 Å². The molecule has 1 aromatic rings. The molecule has 0 bridgehead atoms. The number of nitrogens with two attached hydrogens (primary N) is 1. The molecule has 1 saturated heterocycles. The number of hydrogen-bond acceptors (Lipinski definition) is 3. The summed E-state index contributed by atoms with van der Waals surface area (Å²) in [6, 6.07) is 6.48. The van der Waals surface area contributed by atoms with Gasteiger partial charge < -0.3 is 15.2 Å². The molecular weight excluding hydrogens is 226 g/mol. The van der Waals surface area contributed by atoms with Crippen LogP contribution in [0.4, 0.5) is 0 Å². The van der Waals surface area contributed by atoms with Crippen molar-refractivity contribution in [1.82, 2.24) is 0 Å². The molecule has 3 atom stereocenters. The van der Waals surface area contributed by atoms with Gasteiger partial charge in [-0.15, -0.1) is 0 Å². The van der Waals surface area contributed by atoms with E-state index in [1.165, 1.54) is 11.1 Å². The number of benzene rings is 1. The van der Waals surface area contributed by atoms with Crippen molar-refractivity contribution in [3.05, 3.63) is 29.3 Å². The lowest BCUT2D eigenvalue weighted by molar-refractivity contribution is 0.0813. The molecule has 2 N–H and O–H groups in total. The predicted molar refractivity (Wildman–Crippen MR) is 70.7 cm³/mol. The second-order valence-corrected chi connectivity index (χ2v) is 5.26. The fourth-order valence-corrected chi connectivity index (χ4v) is 3.16. The van der Waals surface area contributed by atoms with Crippen LogP contribution in [0.25, 0.3) is 0 Å². The van der Waals surface area contributed by atoms with Gasteiger partial charge in [-0.05, 0) is 30.0 Å². The van der Waals surface area contributed by atoms with Crippen molar-refractivity contribution in [2.75, 3.05) is 13.2 Å². The highest BCUT2D eigenvalue weighted by atomic mass is 16.5. The van der Waals surface area contributed by atoms with Gasteiger partial charge >= 0.3 is 0 Å². The van der Waals surface area contributed by atoms with Crippen LogP contribution in [0.5, 0.6) is 5.75 Å². The minimum absolute atomic E-state index is 0.0864. The van der Waals surface area contributed by atoms with Crippen molar-refractivity contribution in [2.45, 2.75) is 38.3 Å². The summed E-state index contributed by atoms with van der Waals surface area (Å²) < 4.78 is 11.3. The van der Waals surface area contributed by atoms with Crippen molar-refractivity contribution >= 4 is 0 Å². The Morgan fingerprint density at radius 3 is 3.11 bits per heavy atom. The summed E-state index contributed by atoms with van der Waals surface area (Å²) in [4.78, 5) is 0. The average Bonchev–Trinajstić information content (AvgIpc) is 3.05. The van der Waals surface area contributed by atoms with E-state index in [2.05, 4.69) is 25.1 Å². The third-order valence-electron chi connectivity index (χ3n) is 4.22. The minimum atomic E-state index is 0.0864. The summed E-state index contributed by atoms with van der Waals surface area (Å²) in [5, 5.41) is 0. The molecule has 1 fully saturated rings. The van der Waals surface area contributed by atoms with Crippen LogP contribution in [0.15, 0.2) is 18.2 Å². The van der Waals surface area contributed by atoms with E-state index in [1.54, 1.807) is 0 Å². The van der Waals surface area contributed by atoms with E-state index < -0.39 is 0 Å². The maximum absolute atomic E-state index is 6.44. The van der Waals surface area contributed by atoms with Crippen LogP contribution in [-0.4, -0.2) is 19.3 Å². The van der Waals surface area contributed by atoms with Crippen molar-refractivity contribution < 1.29 is 9.47 Å². The first-order chi connectivity index (χ1) is 8.79. The molecule has 18 heavy (non-hydrogen) atoms. The van der Waals surface area contributed by atoms with Gasteiger partial charge in [0, 0.05) is 25.0 Å². The Hall–Kier alpha value is -1.06. The number of hydrogen-bond donors (Lipinski definition) is 1. The third kappa shape index (κ3) is 2.02. The molecule has 0 radical (unpaired) electrons. The van der Waals surface area contributed by atoms with Crippen LogP contribution in [0.3, 0.4) is 0 Å². The van der Waals surface area contributed by atoms with Crippen LogP contribution in [-0.2, 0) is 11.2 Å². The average molecular weight is 247 g/mol. The molecule has 3 nitrogen and oxygen atoms in total. The SMILES string of the molecule is CCC1OCCC1C(N)c1ccc2c(c1)CCO2. The normalized spacial score (nSPS) is 27.9. The van der Waals surface area contributed by atoms with Gasteiger partial charge in [0.25, 0.3) is 0 Å². The first-order valence-electron chi connectivity index (χ1n) is 6.92. The fourth-order valence-electron chi connectivity index (χ4n) is 3.16. The fraction of sp³-hybridized carbons (Fsp3) is 0.600. The maximum Gasteiger partial charge on any atom is 0.122 e. The quantitative estimate of drug-likeness (QED) is 0.892. The molecule has 2 heterocycles. The van der Waals surface area contributed by atoms with Gasteiger partial charge in [-0.3, -0.25) is 0 Å². The van der Waals surface area contributed by atoms with E-state index in [0.29, 0.717) is 12.0 Å². The van der Waals surface area contributed by atoms with Crippen LogP contribution >= 0.6 is 0 Å². The zero-order valence-electron chi connectivity index (χ0n) is 10.9. The zero-order chi connectivity index (χ0) is 12.5. The van der Waals surface area contributed by atoms with Gasteiger partial charge in [-0.2, -0.15) is 0 Å². The molecule has 3 rings (SSSR count). The summed E-state index contributed by atoms with van der Waals surface area (Å²) in [7, 11) is 0. The lowest BCUT2D eigenvalue weighted by atomic mass is 9.87. The van der Waals surface area contributed by atoms with Crippen LogP contribution in [0, 0.1) is 5.92 Å². The van der Waals surface area contributed by atoms with Gasteiger partial charge in [0.1, 0.15) is 5.75 Å². The molecule has 0 saturated carbocycles. The molecule has 0 aromatic heterocycles. The molecule has 2 aliphatic rings. The second kappa shape index (κ2) is 4.90. The number of ether oxygens (including phenoxy) is 2. The van der Waals surface area contributed by atoms with E-state index in [9.17, 15) is 0 Å². The zero-order valence-corrected chi connectivity index (χ0v) is 10.9. The lowest BCUT2D eigenvalue weighted by Crippen LogP contribution is -2.28. The van der Waals surface area contributed by atoms with Crippen LogP contribution < -0.4 is 10.5 Å². The molecule has 0 aliphatic carbocycles. The minimum Gasteiger partial charge on any atom is -0.493 e. The van der Waals surface area contributed by atoms with E-state index in [-0.39, 0.29) is 6.04 Å². The standard InChI is InChI=1S/C15H21NO2/c1-2-13-12(6-8-17-13)15(16)11-3-4-14-10(9-11)5-7-18-14/h3-4,9,12-13,15H,2,5-8,16H2,1H3. The van der Waals surface area contributed by atoms with E-state index in [0.717, 1.165) is 38.2 Å². The topological polar surface area (TPSA) is 44.5 Å². The first kappa shape index (κ1) is 12.0. The Kier molecular flexibility index (Phi) is 3.27. The molecule has 0 spiro atoms. The van der Waals surface area contributed by atoms with E-state index >= 15 is 0 Å². The highest BCUT2D eigenvalue weighted by Gasteiger charge is 2.32. The summed E-state index contributed by atoms with van der Waals surface area (Å²) in [6.07, 6.45) is 3.46. The molecule has 0 amide bonds. The van der Waals surface area contributed by atoms with Gasteiger partial charge in [0.05, 0.1) is 12.7 Å². The van der Waals surface area contributed by atoms with Crippen molar-refractivity contribution in [3.8, 4) is 5.75 Å². The Balaban J connectivity index is 1.81. The molecule has 2 aliphatic heterocycles. The summed E-state index contributed by atoms with van der Waals surface area (Å²) in [6.45, 7) is 3.83. The summed E-state index contributed by atoms with van der Waals surface area (Å²) in [5.41, 5.74) is 8.97. The van der Waals surface area contributed by atoms with Gasteiger partial charge in [-0.1, -0.05) is 19.1 Å². The molecule has 1 aromatic carbocycles. The highest BCUT2D eigenvalue weighted by molar-refractivity contribution is 5.41. The maximum atomic E-state index is 6.44. The smallest absolute Gasteiger partial charge is 0.122 e. The Labute approximate surface area is 108 Å². The number of rotatable bonds is 3. The molecular formula is C15H21NO2. The van der Waals surface area contributed by atoms with Gasteiger partial charge in [0.2, 0.25) is 0 Å². The Morgan fingerprint density at radius 2 is 2.28 bits per heavy atom. The third-order valence-corrected chi connectivity index (χ3v) is 4.22. The largest absolute Gasteiger partial charge is 0.493 e. The predicted octanol–water partition coefficient (Wildman–Crippen LogP) is 2.44. The molecule has 3 unspecified atom stereocenters. The van der Waals surface area contributed by atoms with Crippen LogP contribution in [0.2, 0.25) is 0 Å².